The molecule has 1 aliphatic carbocycles. The summed E-state index contributed by atoms with van der Waals surface area (Å²) in [5.74, 6) is 0.316. The third-order valence-electron chi connectivity index (χ3n) is 5.12. The topological polar surface area (TPSA) is 82.5 Å². The van der Waals surface area contributed by atoms with Gasteiger partial charge in [0, 0.05) is 10.3 Å². The van der Waals surface area contributed by atoms with Gasteiger partial charge in [-0.2, -0.15) is 0 Å². The first-order chi connectivity index (χ1) is 13.1. The van der Waals surface area contributed by atoms with Gasteiger partial charge in [-0.3, -0.25) is 4.79 Å². The smallest absolute Gasteiger partial charge is 0.233 e. The molecule has 3 rings (SSSR count). The number of thiazole rings is 1. The Morgan fingerprint density at radius 3 is 2.89 bits per heavy atom. The number of nitrogens with one attached hydrogen (secondary N) is 1. The second kappa shape index (κ2) is 9.68. The molecule has 0 radical (unpaired) electrons. The number of aromatic nitrogens is 1. The summed E-state index contributed by atoms with van der Waals surface area (Å²) in [6.45, 7) is -0.386. The van der Waals surface area contributed by atoms with Crippen molar-refractivity contribution >= 4 is 34.1 Å². The van der Waals surface area contributed by atoms with Crippen molar-refractivity contribution in [3.63, 3.8) is 0 Å². The maximum Gasteiger partial charge on any atom is 0.233 e. The largest absolute Gasteiger partial charge is 0.393 e. The van der Waals surface area contributed by atoms with Crippen LogP contribution < -0.4 is 5.32 Å². The zero-order valence-corrected chi connectivity index (χ0v) is 17.1. The van der Waals surface area contributed by atoms with Crippen LogP contribution in [0.5, 0.6) is 0 Å². The summed E-state index contributed by atoms with van der Waals surface area (Å²) in [6.07, 6.45) is 6.75. The SMILES string of the molecule is CSc1cccc(C(CC2CCCC2)C(=O)Nc2nc(C(O)CO)cs2)c1. The minimum Gasteiger partial charge on any atom is -0.393 e. The fraction of sp³-hybridized carbons (Fsp3) is 0.500. The molecule has 1 aliphatic rings. The maximum atomic E-state index is 13.1. The summed E-state index contributed by atoms with van der Waals surface area (Å²) in [5.41, 5.74) is 1.42. The first-order valence-corrected chi connectivity index (χ1v) is 11.4. The van der Waals surface area contributed by atoms with Crippen LogP contribution in [0.15, 0.2) is 34.5 Å². The number of aliphatic hydroxyl groups excluding tert-OH is 2. The Kier molecular flexibility index (Phi) is 7.29. The van der Waals surface area contributed by atoms with E-state index in [0.717, 1.165) is 16.9 Å². The molecule has 0 aliphatic heterocycles. The number of carbonyl (C=O) groups excluding carboxylic acids is 1. The lowest BCUT2D eigenvalue weighted by atomic mass is 9.87. The Morgan fingerprint density at radius 2 is 2.19 bits per heavy atom. The predicted molar refractivity (Wildman–Crippen MR) is 110 cm³/mol. The van der Waals surface area contributed by atoms with E-state index in [1.807, 2.05) is 18.4 Å². The van der Waals surface area contributed by atoms with Crippen molar-refractivity contribution < 1.29 is 15.0 Å². The molecular formula is C20H26N2O3S2. The van der Waals surface area contributed by atoms with E-state index in [0.29, 0.717) is 16.7 Å². The molecule has 27 heavy (non-hydrogen) atoms. The molecule has 1 fully saturated rings. The number of hydrogen-bond acceptors (Lipinski definition) is 6. The van der Waals surface area contributed by atoms with Crippen molar-refractivity contribution in [1.29, 1.82) is 0 Å². The summed E-state index contributed by atoms with van der Waals surface area (Å²) in [5, 5.41) is 23.8. The van der Waals surface area contributed by atoms with Crippen molar-refractivity contribution in [2.45, 2.75) is 49.0 Å². The van der Waals surface area contributed by atoms with Crippen molar-refractivity contribution in [2.75, 3.05) is 18.2 Å². The van der Waals surface area contributed by atoms with Crippen LogP contribution >= 0.6 is 23.1 Å². The van der Waals surface area contributed by atoms with E-state index < -0.39 is 6.10 Å². The van der Waals surface area contributed by atoms with Gasteiger partial charge in [0.1, 0.15) is 6.10 Å². The quantitative estimate of drug-likeness (QED) is 0.573. The Balaban J connectivity index is 1.78. The standard InChI is InChI=1S/C20H26N2O3S2/c1-26-15-8-4-7-14(10-15)16(9-13-5-2-3-6-13)19(25)22-20-21-17(12-27-20)18(24)11-23/h4,7-8,10,12-13,16,18,23-24H,2-3,5-6,9,11H2,1H3,(H,21,22,25). The molecule has 2 unspecified atom stereocenters. The van der Waals surface area contributed by atoms with E-state index in [9.17, 15) is 9.90 Å². The number of nitrogens with zero attached hydrogens (tertiary/aromatic N) is 1. The number of thioether (sulfide) groups is 1. The molecule has 0 bridgehead atoms. The molecule has 5 nitrogen and oxygen atoms in total. The van der Waals surface area contributed by atoms with E-state index >= 15 is 0 Å². The van der Waals surface area contributed by atoms with E-state index in [1.165, 1.54) is 37.0 Å². The molecular weight excluding hydrogens is 380 g/mol. The molecule has 1 aromatic heterocycles. The van der Waals surface area contributed by atoms with Gasteiger partial charge in [0.05, 0.1) is 18.2 Å². The fourth-order valence-electron chi connectivity index (χ4n) is 3.61. The molecule has 1 saturated carbocycles. The molecule has 2 atom stereocenters. The predicted octanol–water partition coefficient (Wildman–Crippen LogP) is 4.19. The van der Waals surface area contributed by atoms with Crippen LogP contribution in [0.1, 0.15) is 55.4 Å². The van der Waals surface area contributed by atoms with Gasteiger partial charge in [-0.15, -0.1) is 23.1 Å². The minimum absolute atomic E-state index is 0.0560. The van der Waals surface area contributed by atoms with Crippen LogP contribution in [-0.2, 0) is 4.79 Å². The van der Waals surface area contributed by atoms with Gasteiger partial charge in [-0.05, 0) is 36.3 Å². The molecule has 0 spiro atoms. The monoisotopic (exact) mass is 406 g/mol. The highest BCUT2D eigenvalue weighted by atomic mass is 32.2. The van der Waals surface area contributed by atoms with Crippen molar-refractivity contribution in [3.8, 4) is 0 Å². The average Bonchev–Trinajstić information content (AvgIpc) is 3.37. The minimum atomic E-state index is -1.01. The lowest BCUT2D eigenvalue weighted by molar-refractivity contribution is -0.118. The summed E-state index contributed by atoms with van der Waals surface area (Å²) in [6, 6.07) is 8.20. The molecule has 1 amide bonds. The lowest BCUT2D eigenvalue weighted by Crippen LogP contribution is -2.23. The number of aliphatic hydroxyl groups is 2. The molecule has 1 aromatic carbocycles. The normalized spacial score (nSPS) is 17.0. The molecule has 1 heterocycles. The molecule has 3 N–H and O–H groups in total. The third-order valence-corrected chi connectivity index (χ3v) is 6.62. The summed E-state index contributed by atoms with van der Waals surface area (Å²) >= 11 is 2.94. The number of amides is 1. The van der Waals surface area contributed by atoms with Gasteiger partial charge in [-0.1, -0.05) is 37.8 Å². The number of anilines is 1. The zero-order chi connectivity index (χ0) is 19.2. The molecule has 0 saturated heterocycles. The van der Waals surface area contributed by atoms with Gasteiger partial charge in [0.25, 0.3) is 0 Å². The second-order valence-electron chi connectivity index (χ2n) is 6.98. The van der Waals surface area contributed by atoms with Gasteiger partial charge < -0.3 is 15.5 Å². The number of carbonyl (C=O) groups is 1. The average molecular weight is 407 g/mol. The number of benzene rings is 1. The first kappa shape index (κ1) is 20.3. The molecule has 7 heteroatoms. The fourth-order valence-corrected chi connectivity index (χ4v) is 4.84. The highest BCUT2D eigenvalue weighted by Crippen LogP contribution is 2.36. The van der Waals surface area contributed by atoms with E-state index in [4.69, 9.17) is 5.11 Å². The molecule has 2 aromatic rings. The van der Waals surface area contributed by atoms with Crippen LogP contribution in [0.25, 0.3) is 0 Å². The van der Waals surface area contributed by atoms with Gasteiger partial charge in [0.2, 0.25) is 5.91 Å². The van der Waals surface area contributed by atoms with E-state index in [1.54, 1.807) is 17.1 Å². The van der Waals surface area contributed by atoms with Crippen LogP contribution in [0.3, 0.4) is 0 Å². The van der Waals surface area contributed by atoms with Crippen LogP contribution in [0.2, 0.25) is 0 Å². The lowest BCUT2D eigenvalue weighted by Gasteiger charge is -2.20. The molecule has 146 valence electrons. The summed E-state index contributed by atoms with van der Waals surface area (Å²) < 4.78 is 0. The first-order valence-electron chi connectivity index (χ1n) is 9.30. The Bertz CT molecular complexity index is 759. The summed E-state index contributed by atoms with van der Waals surface area (Å²) in [7, 11) is 0. The Labute approximate surface area is 168 Å². The van der Waals surface area contributed by atoms with E-state index in [2.05, 4.69) is 22.4 Å². The van der Waals surface area contributed by atoms with Crippen molar-refractivity contribution in [3.05, 3.63) is 40.9 Å². The number of hydrogen-bond donors (Lipinski definition) is 3. The van der Waals surface area contributed by atoms with Crippen LogP contribution in [0.4, 0.5) is 5.13 Å². The Morgan fingerprint density at radius 1 is 1.41 bits per heavy atom. The van der Waals surface area contributed by atoms with E-state index in [-0.39, 0.29) is 18.4 Å². The van der Waals surface area contributed by atoms with Crippen molar-refractivity contribution in [1.82, 2.24) is 4.98 Å². The van der Waals surface area contributed by atoms with Crippen LogP contribution in [0, 0.1) is 5.92 Å². The van der Waals surface area contributed by atoms with Crippen LogP contribution in [-0.4, -0.2) is 34.0 Å². The maximum absolute atomic E-state index is 13.1. The summed E-state index contributed by atoms with van der Waals surface area (Å²) in [4.78, 5) is 18.5. The van der Waals surface area contributed by atoms with Gasteiger partial charge in [-0.25, -0.2) is 4.98 Å². The number of rotatable bonds is 8. The van der Waals surface area contributed by atoms with Gasteiger partial charge in [0.15, 0.2) is 5.13 Å². The third kappa shape index (κ3) is 5.31. The van der Waals surface area contributed by atoms with Crippen molar-refractivity contribution in [2.24, 2.45) is 5.92 Å². The van der Waals surface area contributed by atoms with Gasteiger partial charge >= 0.3 is 0 Å². The zero-order valence-electron chi connectivity index (χ0n) is 15.4. The second-order valence-corrected chi connectivity index (χ2v) is 8.72. The highest BCUT2D eigenvalue weighted by molar-refractivity contribution is 7.98. The highest BCUT2D eigenvalue weighted by Gasteiger charge is 2.27. The Hall–Kier alpha value is -1.41.